The highest BCUT2D eigenvalue weighted by atomic mass is 35.5. The van der Waals surface area contributed by atoms with Gasteiger partial charge in [-0.2, -0.15) is 0 Å². The molecule has 6 heteroatoms. The van der Waals surface area contributed by atoms with Gasteiger partial charge in [-0.3, -0.25) is 4.79 Å². The summed E-state index contributed by atoms with van der Waals surface area (Å²) >= 11 is 5.82. The molecule has 0 heterocycles. The molecule has 1 aromatic rings. The van der Waals surface area contributed by atoms with Crippen molar-refractivity contribution in [3.8, 4) is 0 Å². The summed E-state index contributed by atoms with van der Waals surface area (Å²) in [6, 6.07) is 4.17. The van der Waals surface area contributed by atoms with E-state index in [4.69, 9.17) is 22.4 Å². The van der Waals surface area contributed by atoms with E-state index in [0.717, 1.165) is 12.8 Å². The third-order valence-corrected chi connectivity index (χ3v) is 3.54. The third kappa shape index (κ3) is 3.05. The predicted molar refractivity (Wildman–Crippen MR) is 72.4 cm³/mol. The first kappa shape index (κ1) is 13.8. The molecule has 0 saturated heterocycles. The topological polar surface area (TPSA) is 92.4 Å². The Morgan fingerprint density at radius 3 is 2.58 bits per heavy atom. The van der Waals surface area contributed by atoms with E-state index in [-0.39, 0.29) is 22.4 Å². The van der Waals surface area contributed by atoms with E-state index in [0.29, 0.717) is 5.69 Å². The van der Waals surface area contributed by atoms with Crippen molar-refractivity contribution in [3.05, 3.63) is 28.8 Å². The molecular formula is C13H15ClN2O3. The molecule has 0 bridgehead atoms. The second-order valence-electron chi connectivity index (χ2n) is 5.04. The summed E-state index contributed by atoms with van der Waals surface area (Å²) in [7, 11) is 0. The lowest BCUT2D eigenvalue weighted by Gasteiger charge is -2.23. The van der Waals surface area contributed by atoms with E-state index >= 15 is 0 Å². The summed E-state index contributed by atoms with van der Waals surface area (Å²) in [4.78, 5) is 23.0. The molecule has 1 aliphatic carbocycles. The number of benzene rings is 1. The maximum absolute atomic E-state index is 12.1. The minimum atomic E-state index is -1.10. The molecule has 1 saturated carbocycles. The van der Waals surface area contributed by atoms with Crippen LogP contribution >= 0.6 is 11.6 Å². The molecule has 0 aromatic heterocycles. The summed E-state index contributed by atoms with van der Waals surface area (Å²) in [5, 5.41) is 11.8. The molecule has 5 nitrogen and oxygen atoms in total. The van der Waals surface area contributed by atoms with Crippen molar-refractivity contribution in [2.75, 3.05) is 5.32 Å². The van der Waals surface area contributed by atoms with Crippen LogP contribution in [0.4, 0.5) is 5.69 Å². The minimum absolute atomic E-state index is 0.0212. The molecule has 2 rings (SSSR count). The van der Waals surface area contributed by atoms with Crippen LogP contribution in [-0.4, -0.2) is 22.5 Å². The van der Waals surface area contributed by atoms with Gasteiger partial charge >= 0.3 is 5.97 Å². The molecule has 1 unspecified atom stereocenters. The van der Waals surface area contributed by atoms with Crippen molar-refractivity contribution < 1.29 is 14.7 Å². The van der Waals surface area contributed by atoms with Gasteiger partial charge in [-0.1, -0.05) is 11.6 Å². The van der Waals surface area contributed by atoms with Crippen LogP contribution in [0.25, 0.3) is 0 Å². The van der Waals surface area contributed by atoms with E-state index in [2.05, 4.69) is 5.32 Å². The Kier molecular flexibility index (Phi) is 3.52. The first-order chi connectivity index (χ1) is 8.80. The average molecular weight is 283 g/mol. The molecule has 0 aliphatic heterocycles. The fourth-order valence-electron chi connectivity index (χ4n) is 1.92. The maximum Gasteiger partial charge on any atom is 0.335 e. The monoisotopic (exact) mass is 282 g/mol. The summed E-state index contributed by atoms with van der Waals surface area (Å²) in [6.45, 7) is 1.68. The van der Waals surface area contributed by atoms with Gasteiger partial charge in [0, 0.05) is 10.7 Å². The van der Waals surface area contributed by atoms with Gasteiger partial charge in [0.2, 0.25) is 5.91 Å². The number of halogens is 1. The fourth-order valence-corrected chi connectivity index (χ4v) is 2.15. The molecule has 0 radical (unpaired) electrons. The number of hydrogen-bond acceptors (Lipinski definition) is 3. The largest absolute Gasteiger partial charge is 0.478 e. The van der Waals surface area contributed by atoms with Gasteiger partial charge in [0.1, 0.15) is 0 Å². The number of nitrogens with one attached hydrogen (secondary N) is 1. The SMILES string of the molecule is CC(N)(C(=O)Nc1cc(Cl)cc(C(=O)O)c1)C1CC1. The fraction of sp³-hybridized carbons (Fsp3) is 0.385. The summed E-state index contributed by atoms with van der Waals surface area (Å²) < 4.78 is 0. The summed E-state index contributed by atoms with van der Waals surface area (Å²) in [5.41, 5.74) is 5.41. The second-order valence-corrected chi connectivity index (χ2v) is 5.48. The van der Waals surface area contributed by atoms with Crippen LogP contribution in [0, 0.1) is 5.92 Å². The van der Waals surface area contributed by atoms with Crippen molar-refractivity contribution in [2.45, 2.75) is 25.3 Å². The van der Waals surface area contributed by atoms with Gasteiger partial charge in [0.05, 0.1) is 11.1 Å². The van der Waals surface area contributed by atoms with Gasteiger partial charge in [-0.05, 0) is 43.9 Å². The Morgan fingerprint density at radius 2 is 2.05 bits per heavy atom. The predicted octanol–water partition coefficient (Wildman–Crippen LogP) is 2.10. The Hall–Kier alpha value is -1.59. The Balaban J connectivity index is 2.19. The smallest absolute Gasteiger partial charge is 0.335 e. The van der Waals surface area contributed by atoms with Gasteiger partial charge < -0.3 is 16.2 Å². The van der Waals surface area contributed by atoms with Crippen molar-refractivity contribution in [2.24, 2.45) is 11.7 Å². The molecule has 19 heavy (non-hydrogen) atoms. The summed E-state index contributed by atoms with van der Waals surface area (Å²) in [6.07, 6.45) is 1.88. The molecule has 1 atom stereocenters. The lowest BCUT2D eigenvalue weighted by atomic mass is 9.96. The van der Waals surface area contributed by atoms with Crippen molar-refractivity contribution in [1.82, 2.24) is 0 Å². The molecule has 0 spiro atoms. The van der Waals surface area contributed by atoms with Crippen LogP contribution in [0.3, 0.4) is 0 Å². The highest BCUT2D eigenvalue weighted by Crippen LogP contribution is 2.38. The van der Waals surface area contributed by atoms with Gasteiger partial charge in [0.25, 0.3) is 0 Å². The average Bonchev–Trinajstić information content (AvgIpc) is 3.11. The number of carboxylic acids is 1. The Morgan fingerprint density at radius 1 is 1.42 bits per heavy atom. The molecule has 1 amide bonds. The zero-order valence-electron chi connectivity index (χ0n) is 10.4. The van der Waals surface area contributed by atoms with Crippen LogP contribution in [0.2, 0.25) is 5.02 Å². The van der Waals surface area contributed by atoms with E-state index in [1.807, 2.05) is 0 Å². The Labute approximate surface area is 115 Å². The van der Waals surface area contributed by atoms with E-state index in [9.17, 15) is 9.59 Å². The van der Waals surface area contributed by atoms with Gasteiger partial charge in [-0.15, -0.1) is 0 Å². The number of carbonyl (C=O) groups excluding carboxylic acids is 1. The lowest BCUT2D eigenvalue weighted by Crippen LogP contribution is -2.50. The molecule has 4 N–H and O–H groups in total. The Bertz CT molecular complexity index is 539. The van der Waals surface area contributed by atoms with Gasteiger partial charge in [0.15, 0.2) is 0 Å². The number of aromatic carboxylic acids is 1. The second kappa shape index (κ2) is 4.83. The number of carbonyl (C=O) groups is 2. The van der Waals surface area contributed by atoms with E-state index in [1.54, 1.807) is 6.92 Å². The molecule has 1 fully saturated rings. The zero-order chi connectivity index (χ0) is 14.2. The van der Waals surface area contributed by atoms with Crippen LogP contribution in [0.5, 0.6) is 0 Å². The zero-order valence-corrected chi connectivity index (χ0v) is 11.2. The minimum Gasteiger partial charge on any atom is -0.478 e. The third-order valence-electron chi connectivity index (χ3n) is 3.32. The van der Waals surface area contributed by atoms with Crippen LogP contribution in [-0.2, 0) is 4.79 Å². The molecule has 1 aromatic carbocycles. The van der Waals surface area contributed by atoms with E-state index in [1.165, 1.54) is 18.2 Å². The number of nitrogens with two attached hydrogens (primary N) is 1. The number of amides is 1. The van der Waals surface area contributed by atoms with Crippen LogP contribution in [0.1, 0.15) is 30.1 Å². The maximum atomic E-state index is 12.1. The molecular weight excluding hydrogens is 268 g/mol. The molecule has 1 aliphatic rings. The first-order valence-electron chi connectivity index (χ1n) is 5.95. The van der Waals surface area contributed by atoms with Crippen LogP contribution < -0.4 is 11.1 Å². The molecule has 102 valence electrons. The van der Waals surface area contributed by atoms with Gasteiger partial charge in [-0.25, -0.2) is 4.79 Å². The first-order valence-corrected chi connectivity index (χ1v) is 6.32. The van der Waals surface area contributed by atoms with Crippen molar-refractivity contribution >= 4 is 29.2 Å². The highest BCUT2D eigenvalue weighted by Gasteiger charge is 2.44. The van der Waals surface area contributed by atoms with Crippen LogP contribution in [0.15, 0.2) is 18.2 Å². The normalized spacial score (nSPS) is 17.6. The van der Waals surface area contributed by atoms with Crippen molar-refractivity contribution in [3.63, 3.8) is 0 Å². The summed E-state index contributed by atoms with van der Waals surface area (Å²) in [5.74, 6) is -1.24. The van der Waals surface area contributed by atoms with E-state index < -0.39 is 11.5 Å². The number of hydrogen-bond donors (Lipinski definition) is 3. The quantitative estimate of drug-likeness (QED) is 0.788. The number of rotatable bonds is 4. The standard InChI is InChI=1S/C13H15ClN2O3/c1-13(15,8-2-3-8)12(19)16-10-5-7(11(17)18)4-9(14)6-10/h4-6,8H,2-3,15H2,1H3,(H,16,19)(H,17,18). The highest BCUT2D eigenvalue weighted by molar-refractivity contribution is 6.31. The lowest BCUT2D eigenvalue weighted by molar-refractivity contribution is -0.121. The number of anilines is 1. The number of carboxylic acid groups (broad SMARTS) is 1. The van der Waals surface area contributed by atoms with Crippen molar-refractivity contribution in [1.29, 1.82) is 0 Å².